The van der Waals surface area contributed by atoms with E-state index >= 15 is 0 Å². The fourth-order valence-electron chi connectivity index (χ4n) is 0.807. The zero-order valence-electron chi connectivity index (χ0n) is 6.58. The Kier molecular flexibility index (Phi) is 1.48. The van der Waals surface area contributed by atoms with Gasteiger partial charge in [-0.1, -0.05) is 30.2 Å². The second-order valence-electron chi connectivity index (χ2n) is 3.25. The normalized spacial score (nSPS) is 29.6. The maximum Gasteiger partial charge on any atom is -0.0313 e. The summed E-state index contributed by atoms with van der Waals surface area (Å²) in [5.41, 5.74) is 0. The second-order valence-corrected chi connectivity index (χ2v) is 8.59. The van der Waals surface area contributed by atoms with Crippen LogP contribution < -0.4 is 0 Å². The second kappa shape index (κ2) is 1.96. The topological polar surface area (TPSA) is 0 Å². The molecule has 0 aliphatic carbocycles. The van der Waals surface area contributed by atoms with Gasteiger partial charge < -0.3 is 0 Å². The largest absolute Gasteiger partial charge is 0.216 e. The van der Waals surface area contributed by atoms with E-state index in [-0.39, 0.29) is 0 Å². The Morgan fingerprint density at radius 1 is 1.20 bits per heavy atom. The molecule has 0 saturated heterocycles. The summed E-state index contributed by atoms with van der Waals surface area (Å²) in [6.45, 7) is 3.86. The van der Waals surface area contributed by atoms with Crippen LogP contribution in [0.3, 0.4) is 0 Å². The molecule has 0 radical (unpaired) electrons. The van der Waals surface area contributed by atoms with Crippen molar-refractivity contribution < 1.29 is 0 Å². The molecule has 0 fully saturated rings. The van der Waals surface area contributed by atoms with Crippen LogP contribution >= 0.6 is 8.75 Å². The molecule has 0 aromatic heterocycles. The Hall–Kier alpha value is -0.560. The van der Waals surface area contributed by atoms with E-state index < -0.39 is 8.75 Å². The van der Waals surface area contributed by atoms with E-state index in [0.29, 0.717) is 0 Å². The first-order valence-electron chi connectivity index (χ1n) is 3.27. The molecular formula is C9H14S. The Morgan fingerprint density at radius 3 is 2.20 bits per heavy atom. The summed E-state index contributed by atoms with van der Waals surface area (Å²) >= 11 is 0. The van der Waals surface area contributed by atoms with Crippen molar-refractivity contribution in [1.82, 2.24) is 0 Å². The van der Waals surface area contributed by atoms with E-state index in [9.17, 15) is 0 Å². The third-order valence-corrected chi connectivity index (χ3v) is 4.85. The predicted molar refractivity (Wildman–Crippen MR) is 54.0 cm³/mol. The van der Waals surface area contributed by atoms with Crippen molar-refractivity contribution in [3.8, 4) is 0 Å². The van der Waals surface area contributed by atoms with Crippen molar-refractivity contribution in [2.45, 2.75) is 0 Å². The lowest BCUT2D eigenvalue weighted by Gasteiger charge is -2.35. The lowest BCUT2D eigenvalue weighted by atomic mass is 10.5. The van der Waals surface area contributed by atoms with E-state index in [1.165, 1.54) is 0 Å². The number of rotatable bonds is 1. The molecule has 1 heteroatoms. The third kappa shape index (κ3) is 1.29. The maximum absolute atomic E-state index is 3.86. The Labute approximate surface area is 62.8 Å². The standard InChI is InChI=1S/C9H14S/c1-4-10(2,3)8-6-5-7-9-10/h4-9H,1H2,2-3H3. The Morgan fingerprint density at radius 2 is 1.90 bits per heavy atom. The minimum Gasteiger partial charge on any atom is -0.216 e. The first-order chi connectivity index (χ1) is 4.55. The van der Waals surface area contributed by atoms with Gasteiger partial charge in [0.15, 0.2) is 0 Å². The molecule has 0 N–H and O–H groups in total. The van der Waals surface area contributed by atoms with Crippen molar-refractivity contribution in [2.24, 2.45) is 0 Å². The molecule has 1 heterocycles. The van der Waals surface area contributed by atoms with Gasteiger partial charge in [0.25, 0.3) is 0 Å². The fourth-order valence-corrected chi connectivity index (χ4v) is 2.29. The van der Waals surface area contributed by atoms with Crippen LogP contribution in [0.1, 0.15) is 0 Å². The quantitative estimate of drug-likeness (QED) is 0.509. The number of allylic oxidation sites excluding steroid dienone is 3. The predicted octanol–water partition coefficient (Wildman–Crippen LogP) is 2.62. The van der Waals surface area contributed by atoms with Crippen molar-refractivity contribution >= 4 is 14.1 Å². The molecule has 0 aromatic carbocycles. The summed E-state index contributed by atoms with van der Waals surface area (Å²) in [5.74, 6) is 0. The zero-order valence-corrected chi connectivity index (χ0v) is 7.40. The molecule has 0 spiro atoms. The monoisotopic (exact) mass is 154 g/mol. The van der Waals surface area contributed by atoms with Crippen molar-refractivity contribution in [3.63, 3.8) is 0 Å². The van der Waals surface area contributed by atoms with Gasteiger partial charge in [0.05, 0.1) is 0 Å². The van der Waals surface area contributed by atoms with Gasteiger partial charge >= 0.3 is 0 Å². The lowest BCUT2D eigenvalue weighted by molar-refractivity contribution is 1.99. The average Bonchev–Trinajstić information content (AvgIpc) is 1.89. The Balaban J connectivity index is 3.34. The van der Waals surface area contributed by atoms with Gasteiger partial charge in [0.1, 0.15) is 0 Å². The molecule has 0 bridgehead atoms. The number of hydrogen-bond acceptors (Lipinski definition) is 0. The van der Waals surface area contributed by atoms with E-state index in [0.717, 1.165) is 0 Å². The van der Waals surface area contributed by atoms with Crippen LogP contribution in [-0.4, -0.2) is 17.9 Å². The molecule has 0 saturated carbocycles. The van der Waals surface area contributed by atoms with Gasteiger partial charge in [0.2, 0.25) is 0 Å². The smallest absolute Gasteiger partial charge is 0.0313 e. The van der Waals surface area contributed by atoms with Crippen LogP contribution in [0.5, 0.6) is 0 Å². The lowest BCUT2D eigenvalue weighted by Crippen LogP contribution is -2.00. The van der Waals surface area contributed by atoms with Crippen LogP contribution in [0.4, 0.5) is 0 Å². The summed E-state index contributed by atoms with van der Waals surface area (Å²) in [6, 6.07) is 0. The summed E-state index contributed by atoms with van der Waals surface area (Å²) < 4.78 is 0. The van der Waals surface area contributed by atoms with Crippen LogP contribution in [-0.2, 0) is 0 Å². The molecule has 0 nitrogen and oxygen atoms in total. The minimum atomic E-state index is -1.46. The van der Waals surface area contributed by atoms with Crippen molar-refractivity contribution in [2.75, 3.05) is 12.5 Å². The first kappa shape index (κ1) is 7.55. The summed E-state index contributed by atoms with van der Waals surface area (Å²) in [4.78, 5) is 0. The van der Waals surface area contributed by atoms with E-state index in [1.807, 2.05) is 0 Å². The van der Waals surface area contributed by atoms with E-state index in [4.69, 9.17) is 0 Å². The molecular weight excluding hydrogens is 140 g/mol. The molecule has 1 rings (SSSR count). The molecule has 10 heavy (non-hydrogen) atoms. The zero-order chi connectivity index (χ0) is 7.69. The summed E-state index contributed by atoms with van der Waals surface area (Å²) in [6.07, 6.45) is 10.8. The highest BCUT2D eigenvalue weighted by atomic mass is 32.3. The molecule has 0 amide bonds. The maximum atomic E-state index is 3.86. The number of hydrogen-bond donors (Lipinski definition) is 0. The van der Waals surface area contributed by atoms with E-state index in [2.05, 4.69) is 53.5 Å². The van der Waals surface area contributed by atoms with Gasteiger partial charge in [-0.15, -0.1) is 0 Å². The van der Waals surface area contributed by atoms with Gasteiger partial charge in [0, 0.05) is 0 Å². The van der Waals surface area contributed by atoms with Gasteiger partial charge in [-0.2, -0.15) is 0 Å². The molecule has 0 aromatic rings. The van der Waals surface area contributed by atoms with Gasteiger partial charge in [-0.05, 0) is 23.3 Å². The van der Waals surface area contributed by atoms with Crippen LogP contribution in [0.25, 0.3) is 0 Å². The molecule has 0 unspecified atom stereocenters. The highest BCUT2D eigenvalue weighted by molar-refractivity contribution is 8.50. The fraction of sp³-hybridized carbons (Fsp3) is 0.222. The first-order valence-corrected chi connectivity index (χ1v) is 6.31. The minimum absolute atomic E-state index is 1.46. The van der Waals surface area contributed by atoms with Crippen LogP contribution in [0.2, 0.25) is 0 Å². The Bertz CT molecular complexity index is 271. The molecule has 56 valence electrons. The van der Waals surface area contributed by atoms with Gasteiger partial charge in [-0.25, -0.2) is 8.75 Å². The van der Waals surface area contributed by atoms with Crippen molar-refractivity contribution in [1.29, 1.82) is 0 Å². The van der Waals surface area contributed by atoms with Gasteiger partial charge in [-0.3, -0.25) is 0 Å². The summed E-state index contributed by atoms with van der Waals surface area (Å²) in [5, 5.41) is 6.57. The molecule has 1 aliphatic heterocycles. The SMILES string of the molecule is C=CS1(C)(C)=CC=CC=C1. The van der Waals surface area contributed by atoms with Crippen molar-refractivity contribution in [3.05, 3.63) is 35.6 Å². The van der Waals surface area contributed by atoms with Crippen LogP contribution in [0, 0.1) is 0 Å². The molecule has 1 aliphatic rings. The summed E-state index contributed by atoms with van der Waals surface area (Å²) in [7, 11) is -1.46. The highest BCUT2D eigenvalue weighted by Gasteiger charge is 2.12. The molecule has 0 atom stereocenters. The van der Waals surface area contributed by atoms with Crippen LogP contribution in [0.15, 0.2) is 35.6 Å². The third-order valence-electron chi connectivity index (χ3n) is 1.76. The highest BCUT2D eigenvalue weighted by Crippen LogP contribution is 2.54. The average molecular weight is 154 g/mol. The van der Waals surface area contributed by atoms with E-state index in [1.54, 1.807) is 0 Å².